The Morgan fingerprint density at radius 2 is 1.50 bits per heavy atom. The summed E-state index contributed by atoms with van der Waals surface area (Å²) in [6.07, 6.45) is 0. The molecule has 2 aromatic carbocycles. The van der Waals surface area contributed by atoms with Gasteiger partial charge in [0.15, 0.2) is 0 Å². The lowest BCUT2D eigenvalue weighted by molar-refractivity contribution is 0.0389. The van der Waals surface area contributed by atoms with Crippen LogP contribution in [0.3, 0.4) is 0 Å². The van der Waals surface area contributed by atoms with Gasteiger partial charge in [0, 0.05) is 7.11 Å². The molecular formula is C16H18O2. The Morgan fingerprint density at radius 3 is 2.11 bits per heavy atom. The second-order valence-electron chi connectivity index (χ2n) is 4.34. The lowest BCUT2D eigenvalue weighted by Crippen LogP contribution is -2.25. The van der Waals surface area contributed by atoms with Gasteiger partial charge in [0.2, 0.25) is 0 Å². The molecule has 0 aliphatic carbocycles. The highest BCUT2D eigenvalue weighted by atomic mass is 16.5. The molecule has 2 nitrogen and oxygen atoms in total. The molecule has 0 saturated carbocycles. The van der Waals surface area contributed by atoms with E-state index in [1.165, 1.54) is 0 Å². The van der Waals surface area contributed by atoms with Crippen molar-refractivity contribution in [3.8, 4) is 5.75 Å². The van der Waals surface area contributed by atoms with E-state index in [4.69, 9.17) is 9.47 Å². The topological polar surface area (TPSA) is 18.5 Å². The molecule has 2 rings (SSSR count). The first kappa shape index (κ1) is 12.7. The Hall–Kier alpha value is -1.80. The number of ether oxygens (including phenoxy) is 2. The van der Waals surface area contributed by atoms with Crippen LogP contribution in [0.25, 0.3) is 0 Å². The van der Waals surface area contributed by atoms with Crippen LogP contribution < -0.4 is 4.74 Å². The summed E-state index contributed by atoms with van der Waals surface area (Å²) in [5.74, 6) is 0.840. The number of hydrogen-bond acceptors (Lipinski definition) is 2. The summed E-state index contributed by atoms with van der Waals surface area (Å²) in [6.45, 7) is 2.07. The van der Waals surface area contributed by atoms with Gasteiger partial charge in [-0.25, -0.2) is 0 Å². The van der Waals surface area contributed by atoms with Crippen LogP contribution in [0.1, 0.15) is 18.1 Å². The molecule has 2 aromatic rings. The number of benzene rings is 2. The molecule has 0 heterocycles. The van der Waals surface area contributed by atoms with Crippen molar-refractivity contribution in [2.75, 3.05) is 14.2 Å². The minimum absolute atomic E-state index is 0.462. The van der Waals surface area contributed by atoms with Gasteiger partial charge in [-0.05, 0) is 30.2 Å². The average Bonchev–Trinajstić information content (AvgIpc) is 2.47. The highest BCUT2D eigenvalue weighted by molar-refractivity contribution is 5.39. The summed E-state index contributed by atoms with van der Waals surface area (Å²) < 4.78 is 11.0. The monoisotopic (exact) mass is 242 g/mol. The zero-order valence-electron chi connectivity index (χ0n) is 11.0. The predicted octanol–water partition coefficient (Wildman–Crippen LogP) is 3.61. The first-order valence-electron chi connectivity index (χ1n) is 5.96. The van der Waals surface area contributed by atoms with Gasteiger partial charge >= 0.3 is 0 Å². The van der Waals surface area contributed by atoms with Crippen LogP contribution in [-0.4, -0.2) is 14.2 Å². The van der Waals surface area contributed by atoms with Gasteiger partial charge < -0.3 is 9.47 Å². The zero-order valence-corrected chi connectivity index (χ0v) is 11.0. The standard InChI is InChI=1S/C16H18O2/c1-16(18-3,13-8-5-4-6-9-13)14-10-7-11-15(12-14)17-2/h4-12H,1-3H3. The molecule has 0 saturated heterocycles. The Bertz CT molecular complexity index is 508. The van der Waals surface area contributed by atoms with Crippen molar-refractivity contribution >= 4 is 0 Å². The van der Waals surface area contributed by atoms with Crippen LogP contribution in [0.5, 0.6) is 5.75 Å². The molecule has 0 aliphatic heterocycles. The summed E-state index contributed by atoms with van der Waals surface area (Å²) >= 11 is 0. The van der Waals surface area contributed by atoms with E-state index in [-0.39, 0.29) is 0 Å². The predicted molar refractivity (Wildman–Crippen MR) is 72.9 cm³/mol. The van der Waals surface area contributed by atoms with Crippen LogP contribution >= 0.6 is 0 Å². The van der Waals surface area contributed by atoms with E-state index < -0.39 is 5.60 Å². The van der Waals surface area contributed by atoms with Gasteiger partial charge in [-0.1, -0.05) is 42.5 Å². The van der Waals surface area contributed by atoms with Crippen molar-refractivity contribution in [1.29, 1.82) is 0 Å². The highest BCUT2D eigenvalue weighted by Crippen LogP contribution is 2.34. The SMILES string of the molecule is COc1cccc(C(C)(OC)c2ccccc2)c1. The van der Waals surface area contributed by atoms with E-state index in [0.29, 0.717) is 0 Å². The molecule has 2 heteroatoms. The third-order valence-corrected chi connectivity index (χ3v) is 3.35. The zero-order chi connectivity index (χ0) is 13.0. The Morgan fingerprint density at radius 1 is 0.833 bits per heavy atom. The normalized spacial score (nSPS) is 13.9. The summed E-state index contributed by atoms with van der Waals surface area (Å²) in [4.78, 5) is 0. The van der Waals surface area contributed by atoms with Gasteiger partial charge in [-0.3, -0.25) is 0 Å². The number of rotatable bonds is 4. The Balaban J connectivity index is 2.49. The molecule has 0 bridgehead atoms. The highest BCUT2D eigenvalue weighted by Gasteiger charge is 2.28. The van der Waals surface area contributed by atoms with Gasteiger partial charge in [0.1, 0.15) is 11.4 Å². The molecule has 0 aliphatic rings. The summed E-state index contributed by atoms with van der Waals surface area (Å²) in [6, 6.07) is 18.2. The molecule has 0 spiro atoms. The molecule has 0 fully saturated rings. The van der Waals surface area contributed by atoms with Gasteiger partial charge in [-0.2, -0.15) is 0 Å². The van der Waals surface area contributed by atoms with Crippen molar-refractivity contribution < 1.29 is 9.47 Å². The molecule has 1 atom stereocenters. The fraction of sp³-hybridized carbons (Fsp3) is 0.250. The largest absolute Gasteiger partial charge is 0.497 e. The average molecular weight is 242 g/mol. The molecule has 0 N–H and O–H groups in total. The Kier molecular flexibility index (Phi) is 3.68. The van der Waals surface area contributed by atoms with Crippen molar-refractivity contribution in [1.82, 2.24) is 0 Å². The maximum absolute atomic E-state index is 5.75. The minimum Gasteiger partial charge on any atom is -0.497 e. The van der Waals surface area contributed by atoms with Crippen molar-refractivity contribution in [2.45, 2.75) is 12.5 Å². The molecule has 0 amide bonds. The molecule has 1 unspecified atom stereocenters. The maximum Gasteiger partial charge on any atom is 0.119 e. The number of methoxy groups -OCH3 is 2. The lowest BCUT2D eigenvalue weighted by Gasteiger charge is -2.29. The summed E-state index contributed by atoms with van der Waals surface area (Å²) in [5, 5.41) is 0. The van der Waals surface area contributed by atoms with E-state index in [1.807, 2.05) is 36.4 Å². The van der Waals surface area contributed by atoms with Crippen molar-refractivity contribution in [3.63, 3.8) is 0 Å². The fourth-order valence-corrected chi connectivity index (χ4v) is 2.08. The first-order chi connectivity index (χ1) is 8.70. The third-order valence-electron chi connectivity index (χ3n) is 3.35. The fourth-order valence-electron chi connectivity index (χ4n) is 2.08. The first-order valence-corrected chi connectivity index (χ1v) is 5.96. The van der Waals surface area contributed by atoms with Crippen LogP contribution in [0.4, 0.5) is 0 Å². The second kappa shape index (κ2) is 5.23. The third kappa shape index (κ3) is 2.24. The second-order valence-corrected chi connectivity index (χ2v) is 4.34. The quantitative estimate of drug-likeness (QED) is 0.815. The lowest BCUT2D eigenvalue weighted by atomic mass is 9.88. The molecule has 94 valence electrons. The van der Waals surface area contributed by atoms with E-state index in [1.54, 1.807) is 14.2 Å². The van der Waals surface area contributed by atoms with Gasteiger partial charge in [-0.15, -0.1) is 0 Å². The van der Waals surface area contributed by atoms with Crippen LogP contribution in [0.15, 0.2) is 54.6 Å². The van der Waals surface area contributed by atoms with Crippen LogP contribution in [0.2, 0.25) is 0 Å². The maximum atomic E-state index is 5.75. The molecular weight excluding hydrogens is 224 g/mol. The molecule has 18 heavy (non-hydrogen) atoms. The van der Waals surface area contributed by atoms with E-state index >= 15 is 0 Å². The van der Waals surface area contributed by atoms with E-state index in [0.717, 1.165) is 16.9 Å². The van der Waals surface area contributed by atoms with Crippen molar-refractivity contribution in [3.05, 3.63) is 65.7 Å². The van der Waals surface area contributed by atoms with Crippen molar-refractivity contribution in [2.24, 2.45) is 0 Å². The van der Waals surface area contributed by atoms with Gasteiger partial charge in [0.25, 0.3) is 0 Å². The van der Waals surface area contributed by atoms with Crippen LogP contribution in [-0.2, 0) is 10.3 Å². The molecule has 0 aromatic heterocycles. The minimum atomic E-state index is -0.462. The number of hydrogen-bond donors (Lipinski definition) is 0. The van der Waals surface area contributed by atoms with E-state index in [2.05, 4.69) is 25.1 Å². The van der Waals surface area contributed by atoms with Crippen LogP contribution in [0, 0.1) is 0 Å². The Labute approximate surface area is 108 Å². The smallest absolute Gasteiger partial charge is 0.119 e. The molecule has 0 radical (unpaired) electrons. The van der Waals surface area contributed by atoms with E-state index in [9.17, 15) is 0 Å². The summed E-state index contributed by atoms with van der Waals surface area (Å²) in [7, 11) is 3.40. The van der Waals surface area contributed by atoms with Gasteiger partial charge in [0.05, 0.1) is 7.11 Å². The summed E-state index contributed by atoms with van der Waals surface area (Å²) in [5.41, 5.74) is 1.74.